The average molecular weight is 553 g/mol. The van der Waals surface area contributed by atoms with Crippen molar-refractivity contribution in [2.24, 2.45) is 5.92 Å². The van der Waals surface area contributed by atoms with E-state index in [9.17, 15) is 8.78 Å². The fourth-order valence-electron chi connectivity index (χ4n) is 6.95. The number of hydrogen-bond acceptors (Lipinski definition) is 6. The molecule has 2 aromatic carbocycles. The van der Waals surface area contributed by atoms with E-state index < -0.39 is 11.6 Å². The summed E-state index contributed by atoms with van der Waals surface area (Å²) in [5.74, 6) is -0.331. The highest BCUT2D eigenvalue weighted by Gasteiger charge is 2.58. The third-order valence-corrected chi connectivity index (χ3v) is 9.25. The number of halogens is 2. The standard InChI is InChI=1S/C31H42F2N6O/c1-34-9-10-35-8-3-11-39(30-36-28-18-26(32)27(33)19-29(28)37-30)25-6-7-31(20-24(31)17-25)23-5-2-4-22(16-23)21-38-12-14-40-15-13-38/h2,4-5,16,18-19,24-25,34-35H,3,6-15,17,20-21H2,1H3,(H,36,37)/t24?,25-,31?/m1/s1. The molecule has 40 heavy (non-hydrogen) atoms. The van der Waals surface area contributed by atoms with Crippen molar-refractivity contribution >= 4 is 17.0 Å². The molecule has 9 heteroatoms. The van der Waals surface area contributed by atoms with E-state index in [-0.39, 0.29) is 5.41 Å². The summed E-state index contributed by atoms with van der Waals surface area (Å²) in [4.78, 5) is 12.9. The van der Waals surface area contributed by atoms with Crippen LogP contribution in [0.1, 0.15) is 43.2 Å². The van der Waals surface area contributed by atoms with Gasteiger partial charge in [0.2, 0.25) is 5.95 Å². The van der Waals surface area contributed by atoms with E-state index in [1.54, 1.807) is 0 Å². The fraction of sp³-hybridized carbons (Fsp3) is 0.581. The molecule has 3 atom stereocenters. The van der Waals surface area contributed by atoms with Crippen LogP contribution in [0.2, 0.25) is 0 Å². The van der Waals surface area contributed by atoms with Crippen molar-refractivity contribution in [1.29, 1.82) is 0 Å². The van der Waals surface area contributed by atoms with Crippen LogP contribution in [0, 0.1) is 17.6 Å². The number of imidazole rings is 1. The van der Waals surface area contributed by atoms with Crippen molar-refractivity contribution in [3.63, 3.8) is 0 Å². The van der Waals surface area contributed by atoms with Crippen molar-refractivity contribution in [2.45, 2.75) is 50.1 Å². The van der Waals surface area contributed by atoms with E-state index >= 15 is 0 Å². The lowest BCUT2D eigenvalue weighted by molar-refractivity contribution is 0.0342. The zero-order valence-electron chi connectivity index (χ0n) is 23.5. The number of morpholine rings is 1. The van der Waals surface area contributed by atoms with Crippen LogP contribution in [-0.2, 0) is 16.7 Å². The number of anilines is 1. The molecule has 3 N–H and O–H groups in total. The van der Waals surface area contributed by atoms with Gasteiger partial charge in [0.25, 0.3) is 0 Å². The lowest BCUT2D eigenvalue weighted by Gasteiger charge is -2.37. The zero-order valence-corrected chi connectivity index (χ0v) is 23.5. The van der Waals surface area contributed by atoms with Gasteiger partial charge in [-0.2, -0.15) is 0 Å². The van der Waals surface area contributed by atoms with Gasteiger partial charge in [-0.15, -0.1) is 0 Å². The van der Waals surface area contributed by atoms with Crippen molar-refractivity contribution in [2.75, 3.05) is 64.4 Å². The maximum absolute atomic E-state index is 13.9. The van der Waals surface area contributed by atoms with E-state index in [1.807, 2.05) is 7.05 Å². The summed E-state index contributed by atoms with van der Waals surface area (Å²) in [7, 11) is 1.96. The second kappa shape index (κ2) is 12.1. The third kappa shape index (κ3) is 5.88. The Morgan fingerprint density at radius 3 is 2.80 bits per heavy atom. The molecule has 3 aromatic rings. The van der Waals surface area contributed by atoms with Crippen LogP contribution in [0.15, 0.2) is 36.4 Å². The summed E-state index contributed by atoms with van der Waals surface area (Å²) in [5.41, 5.74) is 4.20. The van der Waals surface area contributed by atoms with Gasteiger partial charge in [0.05, 0.1) is 24.2 Å². The van der Waals surface area contributed by atoms with Gasteiger partial charge in [-0.05, 0) is 68.2 Å². The number of nitrogens with zero attached hydrogens (tertiary/aromatic N) is 3. The predicted molar refractivity (Wildman–Crippen MR) is 155 cm³/mol. The summed E-state index contributed by atoms with van der Waals surface area (Å²) >= 11 is 0. The van der Waals surface area contributed by atoms with Crippen molar-refractivity contribution in [3.05, 3.63) is 59.2 Å². The highest BCUT2D eigenvalue weighted by atomic mass is 19.2. The van der Waals surface area contributed by atoms with Gasteiger partial charge in [0.15, 0.2) is 11.6 Å². The molecule has 1 saturated heterocycles. The number of hydrogen-bond donors (Lipinski definition) is 3. The van der Waals surface area contributed by atoms with Gasteiger partial charge in [-0.25, -0.2) is 13.8 Å². The second-order valence-electron chi connectivity index (χ2n) is 11.8. The number of rotatable bonds is 12. The van der Waals surface area contributed by atoms with E-state index in [0.29, 0.717) is 23.0 Å². The summed E-state index contributed by atoms with van der Waals surface area (Å²) in [6.07, 6.45) is 5.56. The number of benzene rings is 2. The first kappa shape index (κ1) is 27.6. The Kier molecular flexibility index (Phi) is 8.35. The lowest BCUT2D eigenvalue weighted by Crippen LogP contribution is -2.41. The van der Waals surface area contributed by atoms with Crippen LogP contribution in [0.3, 0.4) is 0 Å². The van der Waals surface area contributed by atoms with Crippen molar-refractivity contribution in [3.8, 4) is 0 Å². The van der Waals surface area contributed by atoms with E-state index in [2.05, 4.69) is 49.7 Å². The first-order chi connectivity index (χ1) is 19.6. The van der Waals surface area contributed by atoms with Gasteiger partial charge in [0, 0.05) is 57.4 Å². The molecule has 6 rings (SSSR count). The van der Waals surface area contributed by atoms with Gasteiger partial charge < -0.3 is 25.3 Å². The quantitative estimate of drug-likeness (QED) is 0.293. The van der Waals surface area contributed by atoms with Crippen LogP contribution in [0.5, 0.6) is 0 Å². The van der Waals surface area contributed by atoms with Crippen molar-refractivity contribution < 1.29 is 13.5 Å². The Morgan fingerprint density at radius 1 is 1.12 bits per heavy atom. The Balaban J connectivity index is 1.15. The van der Waals surface area contributed by atoms with E-state index in [0.717, 1.165) is 90.7 Å². The average Bonchev–Trinajstić information content (AvgIpc) is 3.58. The number of H-pyrrole nitrogens is 1. The van der Waals surface area contributed by atoms with Crippen LogP contribution in [0.25, 0.3) is 11.0 Å². The largest absolute Gasteiger partial charge is 0.379 e. The molecular weight excluding hydrogens is 510 g/mol. The molecule has 2 unspecified atom stereocenters. The molecule has 0 amide bonds. The predicted octanol–water partition coefficient (Wildman–Crippen LogP) is 4.19. The number of nitrogens with one attached hydrogen (secondary N) is 3. The molecule has 216 valence electrons. The third-order valence-electron chi connectivity index (χ3n) is 9.25. The number of aromatic nitrogens is 2. The fourth-order valence-corrected chi connectivity index (χ4v) is 6.95. The van der Waals surface area contributed by atoms with Gasteiger partial charge in [0.1, 0.15) is 0 Å². The summed E-state index contributed by atoms with van der Waals surface area (Å²) in [6, 6.07) is 12.0. The summed E-state index contributed by atoms with van der Waals surface area (Å²) < 4.78 is 33.4. The Labute approximate surface area is 235 Å². The molecule has 0 radical (unpaired) electrons. The number of ether oxygens (including phenoxy) is 1. The lowest BCUT2D eigenvalue weighted by atomic mass is 9.80. The van der Waals surface area contributed by atoms with Gasteiger partial charge >= 0.3 is 0 Å². The van der Waals surface area contributed by atoms with Crippen molar-refractivity contribution in [1.82, 2.24) is 25.5 Å². The topological polar surface area (TPSA) is 68.5 Å². The molecule has 7 nitrogen and oxygen atoms in total. The molecule has 1 aromatic heterocycles. The minimum atomic E-state index is -0.859. The molecule has 2 aliphatic carbocycles. The van der Waals surface area contributed by atoms with Gasteiger partial charge in [-0.1, -0.05) is 24.3 Å². The Hall–Kier alpha value is -2.59. The Bertz CT molecular complexity index is 1260. The van der Waals surface area contributed by atoms with Crippen LogP contribution in [-0.4, -0.2) is 80.4 Å². The molecule has 3 fully saturated rings. The molecule has 2 saturated carbocycles. The molecule has 2 heterocycles. The normalized spacial score (nSPS) is 24.8. The van der Waals surface area contributed by atoms with Gasteiger partial charge in [-0.3, -0.25) is 4.90 Å². The maximum atomic E-state index is 13.9. The zero-order chi connectivity index (χ0) is 27.5. The minimum Gasteiger partial charge on any atom is -0.379 e. The molecule has 0 bridgehead atoms. The maximum Gasteiger partial charge on any atom is 0.204 e. The molecular formula is C31H42F2N6O. The van der Waals surface area contributed by atoms with Crippen LogP contribution in [0.4, 0.5) is 14.7 Å². The van der Waals surface area contributed by atoms with Crippen LogP contribution < -0.4 is 15.5 Å². The SMILES string of the molecule is CNCCNCCCN(c1nc2cc(F)c(F)cc2[nH]1)[C@@H]1CCC2(c3cccc(CN4CCOCC4)c3)CC2C1. The smallest absolute Gasteiger partial charge is 0.204 e. The summed E-state index contributed by atoms with van der Waals surface area (Å²) in [5, 5.41) is 6.65. The first-order valence-corrected chi connectivity index (χ1v) is 14.9. The molecule has 1 aliphatic heterocycles. The van der Waals surface area contributed by atoms with E-state index in [4.69, 9.17) is 9.72 Å². The molecule has 0 spiro atoms. The van der Waals surface area contributed by atoms with Crippen LogP contribution >= 0.6 is 0 Å². The number of fused-ring (bicyclic) bond motifs is 2. The van der Waals surface area contributed by atoms with E-state index in [1.165, 1.54) is 29.7 Å². The first-order valence-electron chi connectivity index (χ1n) is 14.9. The number of aromatic amines is 1. The highest BCUT2D eigenvalue weighted by Crippen LogP contribution is 2.63. The summed E-state index contributed by atoms with van der Waals surface area (Å²) in [6.45, 7) is 8.26. The second-order valence-corrected chi connectivity index (χ2v) is 11.8. The monoisotopic (exact) mass is 552 g/mol. The number of likely N-dealkylation sites (N-methyl/N-ethyl adjacent to an activating group) is 1. The minimum absolute atomic E-state index is 0.290. The highest BCUT2D eigenvalue weighted by molar-refractivity contribution is 5.77. The Morgan fingerprint density at radius 2 is 1.98 bits per heavy atom. The molecule has 3 aliphatic rings.